The minimum atomic E-state index is 0.658. The molecule has 24 heavy (non-hydrogen) atoms. The largest absolute Gasteiger partial charge is 0.307 e. The van der Waals surface area contributed by atoms with E-state index in [1.165, 1.54) is 16.1 Å². The lowest BCUT2D eigenvalue weighted by atomic mass is 9.99. The van der Waals surface area contributed by atoms with Gasteiger partial charge in [0.25, 0.3) is 0 Å². The zero-order valence-electron chi connectivity index (χ0n) is 13.5. The van der Waals surface area contributed by atoms with Crippen molar-refractivity contribution in [2.24, 2.45) is 0 Å². The first kappa shape index (κ1) is 14.9. The maximum atomic E-state index is 8.67. The summed E-state index contributed by atoms with van der Waals surface area (Å²) in [5.74, 6) is 0. The molecule has 0 bridgehead atoms. The monoisotopic (exact) mass is 330 g/mol. The van der Waals surface area contributed by atoms with Crippen LogP contribution in [0.1, 0.15) is 16.7 Å². The molecule has 0 radical (unpaired) electrons. The highest BCUT2D eigenvalue weighted by atomic mass is 32.1. The summed E-state index contributed by atoms with van der Waals surface area (Å²) in [6.07, 6.45) is 2.77. The van der Waals surface area contributed by atoms with Crippen molar-refractivity contribution >= 4 is 28.0 Å². The Morgan fingerprint density at radius 2 is 1.79 bits per heavy atom. The Kier molecular flexibility index (Phi) is 3.79. The highest BCUT2D eigenvalue weighted by molar-refractivity contribution is 7.12. The Balaban J connectivity index is 1.80. The van der Waals surface area contributed by atoms with Crippen molar-refractivity contribution in [3.63, 3.8) is 0 Å². The zero-order valence-corrected chi connectivity index (χ0v) is 14.3. The smallest absolute Gasteiger partial charge is 0.0994 e. The number of fused-ring (bicyclic) bond motifs is 1. The average molecular weight is 330 g/mol. The number of para-hydroxylation sites is 1. The van der Waals surface area contributed by atoms with Gasteiger partial charge in [0, 0.05) is 29.3 Å². The number of nitrogens with zero attached hydrogens (tertiary/aromatic N) is 1. The summed E-state index contributed by atoms with van der Waals surface area (Å²) in [6.45, 7) is 2.11. The molecule has 0 saturated heterocycles. The van der Waals surface area contributed by atoms with Crippen LogP contribution >= 0.6 is 11.3 Å². The first-order chi connectivity index (χ1) is 11.7. The number of aryl methyl sites for hydroxylation is 1. The highest BCUT2D eigenvalue weighted by Crippen LogP contribution is 2.28. The summed E-state index contributed by atoms with van der Waals surface area (Å²) in [6, 6.07) is 20.8. The van der Waals surface area contributed by atoms with E-state index in [9.17, 15) is 0 Å². The van der Waals surface area contributed by atoms with Gasteiger partial charge in [-0.05, 0) is 41.6 Å². The van der Waals surface area contributed by atoms with E-state index in [1.54, 1.807) is 11.3 Å². The molecule has 0 saturated carbocycles. The first-order valence-electron chi connectivity index (χ1n) is 8.00. The molecule has 3 heteroatoms. The molecule has 118 valence electrons. The van der Waals surface area contributed by atoms with Crippen molar-refractivity contribution < 1.29 is 0 Å². The van der Waals surface area contributed by atoms with E-state index in [-0.39, 0.29) is 0 Å². The predicted molar refractivity (Wildman–Crippen MR) is 103 cm³/mol. The van der Waals surface area contributed by atoms with Crippen molar-refractivity contribution in [2.75, 3.05) is 0 Å². The SMILES string of the molecule is Cc1ccccc1CC(=N)c1cn(-c2cccs2)c2ccccc12. The molecule has 0 aliphatic heterocycles. The topological polar surface area (TPSA) is 28.8 Å². The Morgan fingerprint density at radius 1 is 1.00 bits per heavy atom. The number of nitrogens with one attached hydrogen (secondary N) is 1. The predicted octanol–water partition coefficient (Wildman–Crippen LogP) is 5.61. The zero-order chi connectivity index (χ0) is 16.5. The van der Waals surface area contributed by atoms with Gasteiger partial charge in [0.2, 0.25) is 0 Å². The summed E-state index contributed by atoms with van der Waals surface area (Å²) in [5.41, 5.74) is 5.29. The first-order valence-corrected chi connectivity index (χ1v) is 8.88. The van der Waals surface area contributed by atoms with Crippen LogP contribution in [-0.4, -0.2) is 10.3 Å². The van der Waals surface area contributed by atoms with Crippen LogP contribution in [0.4, 0.5) is 0 Å². The quantitative estimate of drug-likeness (QED) is 0.471. The molecule has 2 aromatic heterocycles. The fourth-order valence-corrected chi connectivity index (χ4v) is 3.82. The molecule has 0 amide bonds. The number of hydrogen-bond donors (Lipinski definition) is 1. The third-order valence-electron chi connectivity index (χ3n) is 4.41. The van der Waals surface area contributed by atoms with Crippen LogP contribution in [0.3, 0.4) is 0 Å². The maximum Gasteiger partial charge on any atom is 0.0994 e. The lowest BCUT2D eigenvalue weighted by molar-refractivity contribution is 1.15. The van der Waals surface area contributed by atoms with Gasteiger partial charge in [0.05, 0.1) is 10.5 Å². The normalized spacial score (nSPS) is 11.0. The lowest BCUT2D eigenvalue weighted by Gasteiger charge is -2.06. The minimum absolute atomic E-state index is 0.658. The van der Waals surface area contributed by atoms with Crippen LogP contribution in [0.25, 0.3) is 15.9 Å². The van der Waals surface area contributed by atoms with Crippen LogP contribution in [-0.2, 0) is 6.42 Å². The molecule has 4 aromatic rings. The van der Waals surface area contributed by atoms with Gasteiger partial charge in [-0.3, -0.25) is 0 Å². The van der Waals surface area contributed by atoms with Crippen molar-refractivity contribution in [1.82, 2.24) is 4.57 Å². The van der Waals surface area contributed by atoms with Gasteiger partial charge in [-0.25, -0.2) is 0 Å². The van der Waals surface area contributed by atoms with E-state index >= 15 is 0 Å². The number of hydrogen-bond acceptors (Lipinski definition) is 2. The van der Waals surface area contributed by atoms with E-state index < -0.39 is 0 Å². The summed E-state index contributed by atoms with van der Waals surface area (Å²) in [4.78, 5) is 0. The number of thiophene rings is 1. The Bertz CT molecular complexity index is 1010. The summed E-state index contributed by atoms with van der Waals surface area (Å²) in [7, 11) is 0. The molecule has 2 nitrogen and oxygen atoms in total. The Morgan fingerprint density at radius 3 is 2.58 bits per heavy atom. The summed E-state index contributed by atoms with van der Waals surface area (Å²) in [5, 5.41) is 13.1. The number of aromatic nitrogens is 1. The molecule has 0 aliphatic rings. The molecule has 4 rings (SSSR count). The average Bonchev–Trinajstić information content (AvgIpc) is 3.24. The molecule has 0 spiro atoms. The van der Waals surface area contributed by atoms with Gasteiger partial charge >= 0.3 is 0 Å². The third kappa shape index (κ3) is 2.57. The van der Waals surface area contributed by atoms with Gasteiger partial charge in [0.15, 0.2) is 0 Å². The number of benzene rings is 2. The lowest BCUT2D eigenvalue weighted by Crippen LogP contribution is -2.04. The van der Waals surface area contributed by atoms with Crippen LogP contribution in [0.15, 0.2) is 72.2 Å². The molecule has 0 unspecified atom stereocenters. The van der Waals surface area contributed by atoms with Crippen molar-refractivity contribution in [3.05, 3.63) is 88.9 Å². The van der Waals surface area contributed by atoms with Crippen molar-refractivity contribution in [1.29, 1.82) is 5.41 Å². The Labute approximate surface area is 145 Å². The second kappa shape index (κ2) is 6.10. The molecule has 0 atom stereocenters. The van der Waals surface area contributed by atoms with Crippen LogP contribution in [0, 0.1) is 12.3 Å². The Hall–Kier alpha value is -2.65. The summed E-state index contributed by atoms with van der Waals surface area (Å²) < 4.78 is 2.20. The maximum absolute atomic E-state index is 8.67. The summed E-state index contributed by atoms with van der Waals surface area (Å²) >= 11 is 1.71. The van der Waals surface area contributed by atoms with E-state index in [4.69, 9.17) is 5.41 Å². The van der Waals surface area contributed by atoms with Crippen molar-refractivity contribution in [2.45, 2.75) is 13.3 Å². The van der Waals surface area contributed by atoms with E-state index in [1.807, 2.05) is 18.2 Å². The second-order valence-corrected chi connectivity index (χ2v) is 6.89. The van der Waals surface area contributed by atoms with Crippen molar-refractivity contribution in [3.8, 4) is 5.00 Å². The number of rotatable bonds is 4. The van der Waals surface area contributed by atoms with Gasteiger partial charge in [-0.2, -0.15) is 0 Å². The molecule has 2 aromatic carbocycles. The minimum Gasteiger partial charge on any atom is -0.307 e. The van der Waals surface area contributed by atoms with Crippen LogP contribution < -0.4 is 0 Å². The fourth-order valence-electron chi connectivity index (χ4n) is 3.10. The van der Waals surface area contributed by atoms with Gasteiger partial charge in [-0.1, -0.05) is 42.5 Å². The molecule has 1 N–H and O–H groups in total. The van der Waals surface area contributed by atoms with Crippen LogP contribution in [0.5, 0.6) is 0 Å². The standard InChI is InChI=1S/C21H18N2S/c1-15-7-2-3-8-16(15)13-19(22)18-14-23(21-11-6-12-24-21)20-10-5-4-9-17(18)20/h2-12,14,22H,13H2,1H3. The van der Waals surface area contributed by atoms with E-state index in [0.717, 1.165) is 16.5 Å². The van der Waals surface area contributed by atoms with Gasteiger partial charge < -0.3 is 9.98 Å². The van der Waals surface area contributed by atoms with Gasteiger partial charge in [0.1, 0.15) is 0 Å². The molecular weight excluding hydrogens is 312 g/mol. The van der Waals surface area contributed by atoms with Gasteiger partial charge in [-0.15, -0.1) is 11.3 Å². The fraction of sp³-hybridized carbons (Fsp3) is 0.0952. The molecular formula is C21H18N2S. The van der Waals surface area contributed by atoms with E-state index in [0.29, 0.717) is 12.1 Å². The molecule has 0 aliphatic carbocycles. The van der Waals surface area contributed by atoms with E-state index in [2.05, 4.69) is 65.5 Å². The third-order valence-corrected chi connectivity index (χ3v) is 5.28. The highest BCUT2D eigenvalue weighted by Gasteiger charge is 2.14. The second-order valence-electron chi connectivity index (χ2n) is 5.96. The molecule has 2 heterocycles. The van der Waals surface area contributed by atoms with Crippen LogP contribution in [0.2, 0.25) is 0 Å². The molecule has 0 fully saturated rings.